The van der Waals surface area contributed by atoms with Gasteiger partial charge in [-0.25, -0.2) is 10.5 Å². The molecule has 19 heavy (non-hydrogen) atoms. The van der Waals surface area contributed by atoms with Gasteiger partial charge in [-0.3, -0.25) is 4.90 Å². The molecular weight excluding hydrogens is 240 g/mol. The second kappa shape index (κ2) is 5.91. The van der Waals surface area contributed by atoms with Gasteiger partial charge in [0.25, 0.3) is 0 Å². The summed E-state index contributed by atoms with van der Waals surface area (Å²) in [7, 11) is 1.55. The van der Waals surface area contributed by atoms with E-state index in [1.165, 1.54) is 4.90 Å². The molecule has 0 saturated carbocycles. The maximum atomic E-state index is 11.6. The van der Waals surface area contributed by atoms with Crippen LogP contribution in [0.25, 0.3) is 0 Å². The molecule has 2 rings (SSSR count). The largest absolute Gasteiger partial charge is 0.495 e. The third-order valence-corrected chi connectivity index (χ3v) is 2.80. The van der Waals surface area contributed by atoms with E-state index in [4.69, 9.17) is 10.5 Å². The number of nitrogens with zero attached hydrogens (tertiary/aromatic N) is 1. The van der Waals surface area contributed by atoms with Crippen molar-refractivity contribution < 1.29 is 9.53 Å². The van der Waals surface area contributed by atoms with E-state index in [-0.39, 0.29) is 0 Å². The van der Waals surface area contributed by atoms with Crippen LogP contribution in [-0.4, -0.2) is 13.1 Å². The van der Waals surface area contributed by atoms with Crippen LogP contribution in [0.4, 0.5) is 10.5 Å². The molecule has 4 heteroatoms. The van der Waals surface area contributed by atoms with Crippen LogP contribution in [0.15, 0.2) is 54.6 Å². The van der Waals surface area contributed by atoms with E-state index >= 15 is 0 Å². The Balaban J connectivity index is 2.33. The number of anilines is 1. The average molecular weight is 255 g/mol. The summed E-state index contributed by atoms with van der Waals surface area (Å²) in [4.78, 5) is 12.9. The van der Waals surface area contributed by atoms with E-state index in [2.05, 4.69) is 0 Å². The lowest BCUT2D eigenvalue weighted by atomic mass is 10.2. The van der Waals surface area contributed by atoms with E-state index in [0.717, 1.165) is 5.56 Å². The van der Waals surface area contributed by atoms with Crippen molar-refractivity contribution >= 4 is 11.7 Å². The zero-order valence-electron chi connectivity index (χ0n) is 10.7. The third-order valence-electron chi connectivity index (χ3n) is 2.80. The molecule has 2 aromatic rings. The SMILES string of the molecule is COc1ccccc1N(Cc1ccccc1)C([NH])=O. The van der Waals surface area contributed by atoms with Crippen LogP contribution in [0.3, 0.4) is 0 Å². The van der Waals surface area contributed by atoms with Gasteiger partial charge in [0.05, 0.1) is 19.3 Å². The average Bonchev–Trinajstić information content (AvgIpc) is 2.45. The molecule has 97 valence electrons. The lowest BCUT2D eigenvalue weighted by molar-refractivity contribution is 0.252. The smallest absolute Gasteiger partial charge is 0.341 e. The van der Waals surface area contributed by atoms with Gasteiger partial charge in [-0.15, -0.1) is 0 Å². The molecule has 0 saturated heterocycles. The van der Waals surface area contributed by atoms with Gasteiger partial charge in [-0.2, -0.15) is 0 Å². The highest BCUT2D eigenvalue weighted by Crippen LogP contribution is 2.28. The minimum Gasteiger partial charge on any atom is -0.495 e. The Labute approximate surface area is 112 Å². The topological polar surface area (TPSA) is 53.3 Å². The predicted octanol–water partition coefficient (Wildman–Crippen LogP) is 3.10. The highest BCUT2D eigenvalue weighted by molar-refractivity contribution is 5.91. The van der Waals surface area contributed by atoms with Crippen LogP contribution in [0.2, 0.25) is 0 Å². The summed E-state index contributed by atoms with van der Waals surface area (Å²) in [6.07, 6.45) is 0. The number of amides is 2. The second-order valence-corrected chi connectivity index (χ2v) is 4.05. The van der Waals surface area contributed by atoms with Crippen LogP contribution in [0.5, 0.6) is 5.75 Å². The molecule has 0 unspecified atom stereocenters. The Morgan fingerprint density at radius 2 is 1.74 bits per heavy atom. The molecule has 0 spiro atoms. The van der Waals surface area contributed by atoms with Crippen molar-refractivity contribution in [2.24, 2.45) is 0 Å². The number of benzene rings is 2. The molecule has 0 atom stereocenters. The number of carbonyl (C=O) groups is 1. The summed E-state index contributed by atoms with van der Waals surface area (Å²) >= 11 is 0. The highest BCUT2D eigenvalue weighted by Gasteiger charge is 2.17. The molecule has 2 amide bonds. The van der Waals surface area contributed by atoms with Gasteiger partial charge in [0.15, 0.2) is 0 Å². The van der Waals surface area contributed by atoms with Gasteiger partial charge in [0.1, 0.15) is 5.75 Å². The standard InChI is InChI=1S/C15H15N2O2/c1-19-14-10-6-5-9-13(14)17(15(16)18)11-12-7-3-2-4-8-12/h2-10,16H,11H2,1H3. The van der Waals surface area contributed by atoms with E-state index in [0.29, 0.717) is 18.0 Å². The van der Waals surface area contributed by atoms with Crippen LogP contribution in [-0.2, 0) is 6.54 Å². The minimum atomic E-state index is -0.756. The van der Waals surface area contributed by atoms with E-state index in [9.17, 15) is 4.79 Å². The molecule has 0 aliphatic carbocycles. The number of nitrogens with one attached hydrogen (secondary N) is 1. The summed E-state index contributed by atoms with van der Waals surface area (Å²) in [5.74, 6) is 0.582. The van der Waals surface area contributed by atoms with Crippen LogP contribution in [0.1, 0.15) is 5.56 Å². The lowest BCUT2D eigenvalue weighted by Gasteiger charge is -2.22. The number of carbonyl (C=O) groups excluding carboxylic acids is 1. The van der Waals surface area contributed by atoms with Gasteiger partial charge in [-0.1, -0.05) is 42.5 Å². The number of hydrogen-bond donors (Lipinski definition) is 0. The monoisotopic (exact) mass is 255 g/mol. The molecule has 0 fully saturated rings. The molecule has 4 nitrogen and oxygen atoms in total. The van der Waals surface area contributed by atoms with Gasteiger partial charge in [-0.05, 0) is 17.7 Å². The van der Waals surface area contributed by atoms with E-state index < -0.39 is 6.03 Å². The van der Waals surface area contributed by atoms with E-state index in [1.54, 1.807) is 19.2 Å². The van der Waals surface area contributed by atoms with Gasteiger partial charge >= 0.3 is 6.03 Å². The molecule has 1 N–H and O–H groups in total. The summed E-state index contributed by atoms with van der Waals surface area (Å²) in [6.45, 7) is 0.351. The van der Waals surface area contributed by atoms with Crippen LogP contribution < -0.4 is 15.4 Å². The Bertz CT molecular complexity index is 555. The highest BCUT2D eigenvalue weighted by atomic mass is 16.5. The van der Waals surface area contributed by atoms with Crippen molar-refractivity contribution in [2.45, 2.75) is 6.54 Å². The van der Waals surface area contributed by atoms with Crippen molar-refractivity contribution in [3.8, 4) is 5.75 Å². The van der Waals surface area contributed by atoms with Gasteiger partial charge in [0, 0.05) is 0 Å². The number of para-hydroxylation sites is 2. The van der Waals surface area contributed by atoms with Crippen LogP contribution in [0, 0.1) is 0 Å². The summed E-state index contributed by atoms with van der Waals surface area (Å²) in [5.41, 5.74) is 9.00. The maximum Gasteiger partial charge on any atom is 0.341 e. The first-order valence-electron chi connectivity index (χ1n) is 5.92. The van der Waals surface area contributed by atoms with E-state index in [1.807, 2.05) is 42.5 Å². The molecule has 0 aliphatic heterocycles. The first kappa shape index (κ1) is 13.0. The van der Waals surface area contributed by atoms with Crippen LogP contribution >= 0.6 is 0 Å². The molecular formula is C15H15N2O2. The summed E-state index contributed by atoms with van der Waals surface area (Å²) in [5, 5.41) is 0. The van der Waals surface area contributed by atoms with Crippen molar-refractivity contribution in [2.75, 3.05) is 12.0 Å². The van der Waals surface area contributed by atoms with Crippen molar-refractivity contribution in [3.63, 3.8) is 0 Å². The fourth-order valence-electron chi connectivity index (χ4n) is 1.89. The molecule has 0 aliphatic rings. The molecule has 2 aromatic carbocycles. The summed E-state index contributed by atoms with van der Waals surface area (Å²) < 4.78 is 5.24. The summed E-state index contributed by atoms with van der Waals surface area (Å²) in [6, 6.07) is 16.0. The van der Waals surface area contributed by atoms with Gasteiger partial charge < -0.3 is 4.74 Å². The van der Waals surface area contributed by atoms with Crippen molar-refractivity contribution in [3.05, 3.63) is 60.2 Å². The lowest BCUT2D eigenvalue weighted by Crippen LogP contribution is -2.30. The molecule has 0 bridgehead atoms. The second-order valence-electron chi connectivity index (χ2n) is 4.05. The number of rotatable bonds is 4. The first-order valence-corrected chi connectivity index (χ1v) is 5.92. The third kappa shape index (κ3) is 3.04. The first-order chi connectivity index (χ1) is 9.22. The predicted molar refractivity (Wildman–Crippen MR) is 74.1 cm³/mol. The molecule has 0 heterocycles. The fourth-order valence-corrected chi connectivity index (χ4v) is 1.89. The van der Waals surface area contributed by atoms with Crippen molar-refractivity contribution in [1.29, 1.82) is 0 Å². The normalized spacial score (nSPS) is 9.95. The Kier molecular flexibility index (Phi) is 4.03. The van der Waals surface area contributed by atoms with Crippen molar-refractivity contribution in [1.82, 2.24) is 5.73 Å². The zero-order valence-corrected chi connectivity index (χ0v) is 10.7. The zero-order chi connectivity index (χ0) is 13.7. The number of ether oxygens (including phenoxy) is 1. The Morgan fingerprint density at radius 1 is 1.11 bits per heavy atom. The number of urea groups is 1. The molecule has 0 aromatic heterocycles. The number of hydrogen-bond acceptors (Lipinski definition) is 2. The van der Waals surface area contributed by atoms with Gasteiger partial charge in [0.2, 0.25) is 0 Å². The molecule has 1 radical (unpaired) electrons. The number of methoxy groups -OCH3 is 1. The quantitative estimate of drug-likeness (QED) is 0.842. The minimum absolute atomic E-state index is 0.351. The Morgan fingerprint density at radius 3 is 2.37 bits per heavy atom. The Hall–Kier alpha value is -2.49. The maximum absolute atomic E-state index is 11.6. The fraction of sp³-hybridized carbons (Fsp3) is 0.133.